The highest BCUT2D eigenvalue weighted by atomic mass is 19.3. The Balaban J connectivity index is 0.000000371. The number of alkyl halides is 2. The molecular formula is C100H131F2N7O14. The van der Waals surface area contributed by atoms with Gasteiger partial charge in [0.05, 0.1) is 40.0 Å². The van der Waals surface area contributed by atoms with Gasteiger partial charge in [-0.15, -0.1) is 0 Å². The summed E-state index contributed by atoms with van der Waals surface area (Å²) >= 11 is 0. The van der Waals surface area contributed by atoms with Crippen LogP contribution in [0.25, 0.3) is 0 Å². The number of aryl methyl sites for hydroxylation is 4. The van der Waals surface area contributed by atoms with Gasteiger partial charge in [-0.1, -0.05) is 198 Å². The molecule has 664 valence electrons. The van der Waals surface area contributed by atoms with Crippen LogP contribution in [0.1, 0.15) is 373 Å². The topological polar surface area (TPSA) is 271 Å². The third-order valence-electron chi connectivity index (χ3n) is 19.3. The van der Waals surface area contributed by atoms with Crippen molar-refractivity contribution in [2.45, 2.75) is 295 Å². The van der Waals surface area contributed by atoms with Crippen LogP contribution in [0.2, 0.25) is 0 Å². The number of carbonyl (C=O) groups is 7. The van der Waals surface area contributed by atoms with Gasteiger partial charge in [-0.2, -0.15) is 0 Å². The molecule has 21 nitrogen and oxygen atoms in total. The molecule has 23 heteroatoms. The number of hydrogen-bond acceptors (Lipinski definition) is 21. The van der Waals surface area contributed by atoms with E-state index < -0.39 is 6.43 Å². The van der Waals surface area contributed by atoms with E-state index in [4.69, 9.17) is 33.9 Å². The Bertz CT molecular complexity index is 4810. The van der Waals surface area contributed by atoms with Crippen LogP contribution in [0.15, 0.2) is 163 Å². The van der Waals surface area contributed by atoms with E-state index >= 15 is 0 Å². The predicted octanol–water partition coefficient (Wildman–Crippen LogP) is 25.2. The van der Waals surface area contributed by atoms with Gasteiger partial charge < -0.3 is 33.9 Å². The van der Waals surface area contributed by atoms with Gasteiger partial charge in [0.1, 0.15) is 46.2 Å². The van der Waals surface area contributed by atoms with Crippen molar-refractivity contribution >= 4 is 80.5 Å². The predicted molar refractivity (Wildman–Crippen MR) is 491 cm³/mol. The molecular weight excluding hydrogens is 1560 g/mol. The molecule has 0 saturated heterocycles. The molecule has 2 aliphatic rings. The van der Waals surface area contributed by atoms with Crippen LogP contribution >= 0.6 is 0 Å². The van der Waals surface area contributed by atoms with Crippen molar-refractivity contribution in [3.8, 4) is 0 Å². The summed E-state index contributed by atoms with van der Waals surface area (Å²) in [7, 11) is 0. The molecule has 0 aliphatic heterocycles. The fourth-order valence-corrected chi connectivity index (χ4v) is 12.1. The number of oxime groups is 7. The second-order valence-electron chi connectivity index (χ2n) is 30.8. The Morgan fingerprint density at radius 1 is 0.293 bits per heavy atom. The Hall–Kier alpha value is -11.6. The van der Waals surface area contributed by atoms with Crippen LogP contribution in [0.5, 0.6) is 0 Å². The first-order valence-corrected chi connectivity index (χ1v) is 42.0. The minimum Gasteiger partial charge on any atom is -0.391 e. The largest absolute Gasteiger partial charge is 0.391 e. The number of Topliss-reactive ketones (excluding diaryl/α,β-unsaturated/α-hetero) is 7. The molecule has 0 bridgehead atoms. The van der Waals surface area contributed by atoms with Gasteiger partial charge in [-0.3, -0.25) is 33.6 Å². The zero-order valence-corrected chi connectivity index (χ0v) is 77.3. The molecule has 0 heterocycles. The van der Waals surface area contributed by atoms with E-state index in [0.717, 1.165) is 144 Å². The first-order chi connectivity index (χ1) is 58.4. The lowest BCUT2D eigenvalue weighted by Crippen LogP contribution is -2.05. The van der Waals surface area contributed by atoms with Gasteiger partial charge in [0, 0.05) is 83.5 Å². The van der Waals surface area contributed by atoms with Gasteiger partial charge in [0.2, 0.25) is 0 Å². The standard InChI is InChI=1S/C16H21NO2.C15H19NO2.C15H21NO2.2C14H19NO2.C13H15F2NO2.C13H17NO2/c1-4-11(2)17-19-10-16-14(12(3)18)6-5-7-15(16)13-8-9-13;1-10(2)16-18-9-15-13(11(3)17)5-4-6-14(15)12-7-8-12;1-5-11(3)16-18-10-15-13(6-2)8-7-9-14(15)12(4)17;1-5-11(3)15-17-9-14-10(2)7-6-8-13(14)12(4)16;1-5-12-7-6-8-13(11(4)16)14(12)9-17-15-10(2)3;1-8(2)16-18-7-12-10(9(3)17)5-4-6-11(12)13(14)15;1-9(2)14-16-8-13-10(3)6-5-7-12(13)11(4)15/h5-7,13H,4,8-10H2,1-3H3;4-6,12H,7-9H2,1-3H3;7-9H,5-6,10H2,1-4H3;2*6-8H,5,9H2,1-4H3;4-6,13H,7H2,1-3H3;5-7H,8H2,1-4H3. The first kappa shape index (κ1) is 106. The number of rotatable bonds is 36. The van der Waals surface area contributed by atoms with Crippen LogP contribution in [-0.4, -0.2) is 80.5 Å². The number of benzene rings is 7. The molecule has 0 aromatic heterocycles. The monoisotopic (exact) mass is 1690 g/mol. The molecule has 123 heavy (non-hydrogen) atoms. The maximum Gasteiger partial charge on any atom is 0.264 e. The third kappa shape index (κ3) is 38.1. The highest BCUT2D eigenvalue weighted by molar-refractivity contribution is 5.99. The van der Waals surface area contributed by atoms with E-state index in [-0.39, 0.29) is 63.8 Å². The van der Waals surface area contributed by atoms with Gasteiger partial charge in [-0.05, 0) is 241 Å². The lowest BCUT2D eigenvalue weighted by atomic mass is 9.96. The maximum absolute atomic E-state index is 12.9. The highest BCUT2D eigenvalue weighted by Crippen LogP contribution is 2.44. The van der Waals surface area contributed by atoms with E-state index in [1.807, 2.05) is 194 Å². The number of ketones is 7. The molecule has 2 aliphatic carbocycles. The summed E-state index contributed by atoms with van der Waals surface area (Å²) in [4.78, 5) is 118. The van der Waals surface area contributed by atoms with Gasteiger partial charge in [0.15, 0.2) is 40.5 Å². The normalized spacial score (nSPS) is 11.9. The second kappa shape index (κ2) is 56.1. The van der Waals surface area contributed by atoms with Crippen molar-refractivity contribution in [3.63, 3.8) is 0 Å². The van der Waals surface area contributed by atoms with Gasteiger partial charge >= 0.3 is 0 Å². The van der Waals surface area contributed by atoms with Crippen LogP contribution in [0.3, 0.4) is 0 Å². The number of halogens is 2. The molecule has 2 saturated carbocycles. The molecule has 0 atom stereocenters. The summed E-state index contributed by atoms with van der Waals surface area (Å²) < 4.78 is 25.7. The summed E-state index contributed by atoms with van der Waals surface area (Å²) in [5, 5.41) is 27.5. The van der Waals surface area contributed by atoms with Gasteiger partial charge in [0.25, 0.3) is 6.43 Å². The quantitative estimate of drug-likeness (QED) is 0.0201. The Morgan fingerprint density at radius 3 is 0.764 bits per heavy atom. The third-order valence-corrected chi connectivity index (χ3v) is 19.3. The number of carbonyl (C=O) groups excluding carboxylic acids is 7. The van der Waals surface area contributed by atoms with Crippen LogP contribution in [0, 0.1) is 13.8 Å². The summed E-state index contributed by atoms with van der Waals surface area (Å²) in [6, 6.07) is 39.0. The lowest BCUT2D eigenvalue weighted by Gasteiger charge is -2.12. The minimum atomic E-state index is -2.64. The second-order valence-corrected chi connectivity index (χ2v) is 30.8. The molecule has 0 spiro atoms. The number of hydrogen-bond donors (Lipinski definition) is 0. The molecule has 7 aromatic carbocycles. The van der Waals surface area contributed by atoms with E-state index in [9.17, 15) is 42.3 Å². The smallest absolute Gasteiger partial charge is 0.264 e. The molecule has 0 amide bonds. The van der Waals surface area contributed by atoms with Gasteiger partial charge in [-0.25, -0.2) is 8.78 Å². The summed E-state index contributed by atoms with van der Waals surface area (Å²) in [5.74, 6) is 1.38. The van der Waals surface area contributed by atoms with Crippen LogP contribution < -0.4 is 0 Å². The maximum atomic E-state index is 12.9. The number of nitrogens with zero attached hydrogens (tertiary/aromatic N) is 7. The lowest BCUT2D eigenvalue weighted by molar-refractivity contribution is 0.0986. The highest BCUT2D eigenvalue weighted by Gasteiger charge is 2.30. The first-order valence-electron chi connectivity index (χ1n) is 42.0. The van der Waals surface area contributed by atoms with Crippen LogP contribution in [0.4, 0.5) is 8.78 Å². The van der Waals surface area contributed by atoms with Crippen molar-refractivity contribution in [1.29, 1.82) is 0 Å². The molecule has 0 N–H and O–H groups in total. The average molecular weight is 1690 g/mol. The fourth-order valence-electron chi connectivity index (χ4n) is 12.1. The average Bonchev–Trinajstić information content (AvgIpc) is 1.69. The molecule has 2 fully saturated rings. The van der Waals surface area contributed by atoms with E-state index in [2.05, 4.69) is 62.1 Å². The summed E-state index contributed by atoms with van der Waals surface area (Å²) in [6.45, 7) is 47.5. The van der Waals surface area contributed by atoms with Crippen molar-refractivity contribution < 1.29 is 76.2 Å². The van der Waals surface area contributed by atoms with Crippen molar-refractivity contribution in [2.75, 3.05) is 0 Å². The SMILES string of the molecule is CC(=O)c1cccc(C(F)F)c1CON=C(C)C.CC(=O)c1cccc(C)c1CON=C(C)C.CC(=O)c1cccc(C2CC2)c1CON=C(C)C.CCC(C)=NOCc1c(C(C)=O)cccc1C1CC1.CCC(C)=NOCc1c(C)cccc1C(C)=O.CCC(C)=NOCc1c(CC)cccc1C(C)=O.CCc1cccc(C(C)=O)c1CON=C(C)C. The van der Waals surface area contributed by atoms with E-state index in [1.165, 1.54) is 61.9 Å². The molecule has 0 unspecified atom stereocenters. The van der Waals surface area contributed by atoms with E-state index in [1.54, 1.807) is 55.4 Å². The molecule has 0 radical (unpaired) electrons. The summed E-state index contributed by atoms with van der Waals surface area (Å²) in [5.41, 5.74) is 23.5. The Morgan fingerprint density at radius 2 is 0.512 bits per heavy atom. The zero-order chi connectivity index (χ0) is 92.0. The molecule has 9 rings (SSSR count). The van der Waals surface area contributed by atoms with Crippen molar-refractivity contribution in [2.24, 2.45) is 36.1 Å². The zero-order valence-electron chi connectivity index (χ0n) is 77.3. The van der Waals surface area contributed by atoms with Crippen molar-refractivity contribution in [3.05, 3.63) is 244 Å². The Labute approximate surface area is 728 Å². The Kier molecular flexibility index (Phi) is 48.2. The van der Waals surface area contributed by atoms with Crippen molar-refractivity contribution in [1.82, 2.24) is 0 Å². The van der Waals surface area contributed by atoms with Crippen LogP contribution in [-0.2, 0) is 93.0 Å². The van der Waals surface area contributed by atoms with E-state index in [0.29, 0.717) is 68.3 Å². The molecule has 7 aromatic rings. The fraction of sp³-hybridized carbons (Fsp3) is 0.440. The summed E-state index contributed by atoms with van der Waals surface area (Å²) in [6.07, 6.45) is 6.60. The minimum absolute atomic E-state index is 0.0551.